The smallest absolute Gasteiger partial charge is 0.255 e. The third-order valence-corrected chi connectivity index (χ3v) is 5.81. The largest absolute Gasteiger partial charge is 0.380 e. The van der Waals surface area contributed by atoms with Crippen molar-refractivity contribution in [3.63, 3.8) is 0 Å². The van der Waals surface area contributed by atoms with Crippen molar-refractivity contribution >= 4 is 34.6 Å². The number of para-hydroxylation sites is 2. The highest BCUT2D eigenvalue weighted by Gasteiger charge is 2.37. The van der Waals surface area contributed by atoms with Gasteiger partial charge >= 0.3 is 0 Å². The Morgan fingerprint density at radius 3 is 1.34 bits per heavy atom. The molecule has 0 radical (unpaired) electrons. The van der Waals surface area contributed by atoms with E-state index < -0.39 is 0 Å². The van der Waals surface area contributed by atoms with Crippen molar-refractivity contribution in [3.8, 4) is 0 Å². The van der Waals surface area contributed by atoms with Crippen molar-refractivity contribution in [1.82, 2.24) is 0 Å². The van der Waals surface area contributed by atoms with Crippen molar-refractivity contribution < 1.29 is 9.59 Å². The monoisotopic (exact) mass is 462 g/mol. The molecule has 35 heavy (non-hydrogen) atoms. The predicted molar refractivity (Wildman–Crippen MR) is 141 cm³/mol. The number of benzene rings is 4. The SMILES string of the molecule is O=C(Nc1ccccc1)c1cccc(NC2CC2Nc2cccc(C(=O)Nc3ccccc3)c2)c1. The minimum Gasteiger partial charge on any atom is -0.380 e. The fourth-order valence-corrected chi connectivity index (χ4v) is 3.89. The van der Waals surface area contributed by atoms with Crippen LogP contribution in [-0.4, -0.2) is 23.9 Å². The molecule has 1 fully saturated rings. The van der Waals surface area contributed by atoms with E-state index in [1.165, 1.54) is 0 Å². The lowest BCUT2D eigenvalue weighted by Crippen LogP contribution is -2.16. The molecule has 4 aromatic rings. The molecule has 0 heterocycles. The molecule has 6 heteroatoms. The van der Waals surface area contributed by atoms with Gasteiger partial charge in [-0.15, -0.1) is 0 Å². The normalized spacial score (nSPS) is 16.1. The highest BCUT2D eigenvalue weighted by molar-refractivity contribution is 6.05. The van der Waals surface area contributed by atoms with Gasteiger partial charge in [-0.05, 0) is 67.1 Å². The molecule has 4 N–H and O–H groups in total. The Labute approximate surface area is 204 Å². The minimum atomic E-state index is -0.143. The molecule has 1 aliphatic carbocycles. The van der Waals surface area contributed by atoms with Gasteiger partial charge in [0, 0.05) is 46.0 Å². The van der Waals surface area contributed by atoms with Crippen LogP contribution in [0.3, 0.4) is 0 Å². The van der Waals surface area contributed by atoms with E-state index in [1.54, 1.807) is 12.1 Å². The summed E-state index contributed by atoms with van der Waals surface area (Å²) in [5.74, 6) is -0.285. The van der Waals surface area contributed by atoms with Crippen molar-refractivity contribution in [2.75, 3.05) is 21.3 Å². The molecule has 1 aliphatic rings. The molecule has 6 nitrogen and oxygen atoms in total. The highest BCUT2D eigenvalue weighted by Crippen LogP contribution is 2.30. The fourth-order valence-electron chi connectivity index (χ4n) is 3.89. The summed E-state index contributed by atoms with van der Waals surface area (Å²) < 4.78 is 0. The van der Waals surface area contributed by atoms with Crippen LogP contribution in [-0.2, 0) is 0 Å². The van der Waals surface area contributed by atoms with Crippen LogP contribution in [0.15, 0.2) is 109 Å². The third kappa shape index (κ3) is 5.86. The second-order valence-electron chi connectivity index (χ2n) is 8.54. The highest BCUT2D eigenvalue weighted by atomic mass is 16.2. The Kier molecular flexibility index (Phi) is 6.44. The Morgan fingerprint density at radius 1 is 0.514 bits per heavy atom. The molecular weight excluding hydrogens is 436 g/mol. The molecular formula is C29H26N4O2. The standard InChI is InChI=1S/C29H26N4O2/c34-28(32-22-11-3-1-4-12-22)20-9-7-15-24(17-20)30-26-19-27(26)31-25-16-8-10-21(18-25)29(35)33-23-13-5-2-6-14-23/h1-18,26-27,30-31H,19H2,(H,32,34)(H,33,35). The first-order chi connectivity index (χ1) is 17.1. The zero-order chi connectivity index (χ0) is 24.0. The first-order valence-corrected chi connectivity index (χ1v) is 11.6. The molecule has 0 saturated heterocycles. The number of anilines is 4. The van der Waals surface area contributed by atoms with Crippen LogP contribution in [0.25, 0.3) is 0 Å². The van der Waals surface area contributed by atoms with E-state index in [-0.39, 0.29) is 23.9 Å². The number of amides is 2. The van der Waals surface area contributed by atoms with Crippen molar-refractivity contribution in [3.05, 3.63) is 120 Å². The zero-order valence-corrected chi connectivity index (χ0v) is 19.1. The van der Waals surface area contributed by atoms with Crippen molar-refractivity contribution in [1.29, 1.82) is 0 Å². The van der Waals surface area contributed by atoms with E-state index in [0.717, 1.165) is 29.2 Å². The number of hydrogen-bond acceptors (Lipinski definition) is 4. The molecule has 2 amide bonds. The van der Waals surface area contributed by atoms with E-state index in [4.69, 9.17) is 0 Å². The third-order valence-electron chi connectivity index (χ3n) is 5.81. The van der Waals surface area contributed by atoms with Gasteiger partial charge in [-0.2, -0.15) is 0 Å². The van der Waals surface area contributed by atoms with Gasteiger partial charge in [-0.25, -0.2) is 0 Å². The van der Waals surface area contributed by atoms with Crippen molar-refractivity contribution in [2.45, 2.75) is 18.5 Å². The number of carbonyl (C=O) groups is 2. The Morgan fingerprint density at radius 2 is 0.914 bits per heavy atom. The van der Waals surface area contributed by atoms with Gasteiger partial charge in [0.1, 0.15) is 0 Å². The first kappa shape index (κ1) is 22.2. The summed E-state index contributed by atoms with van der Waals surface area (Å²) in [4.78, 5) is 25.2. The summed E-state index contributed by atoms with van der Waals surface area (Å²) in [6, 6.07) is 34.3. The molecule has 0 spiro atoms. The summed E-state index contributed by atoms with van der Waals surface area (Å²) in [7, 11) is 0. The topological polar surface area (TPSA) is 82.3 Å². The number of hydrogen-bond donors (Lipinski definition) is 4. The van der Waals surface area contributed by atoms with E-state index in [9.17, 15) is 9.59 Å². The zero-order valence-electron chi connectivity index (χ0n) is 19.1. The molecule has 2 atom stereocenters. The number of nitrogens with one attached hydrogen (secondary N) is 4. The van der Waals surface area contributed by atoms with Crippen LogP contribution in [0.2, 0.25) is 0 Å². The first-order valence-electron chi connectivity index (χ1n) is 11.6. The second kappa shape index (κ2) is 10.1. The minimum absolute atomic E-state index is 0.143. The van der Waals surface area contributed by atoms with E-state index in [2.05, 4.69) is 21.3 Å². The Bertz CT molecular complexity index is 1220. The summed E-state index contributed by atoms with van der Waals surface area (Å²) in [5.41, 5.74) is 4.53. The molecule has 174 valence electrons. The maximum atomic E-state index is 12.6. The summed E-state index contributed by atoms with van der Waals surface area (Å²) in [5, 5.41) is 12.8. The second-order valence-corrected chi connectivity index (χ2v) is 8.54. The molecule has 0 bridgehead atoms. The Hall–Kier alpha value is -4.58. The quantitative estimate of drug-likeness (QED) is 0.265. The van der Waals surface area contributed by atoms with Crippen LogP contribution in [0.1, 0.15) is 27.1 Å². The lowest BCUT2D eigenvalue weighted by atomic mass is 10.1. The molecule has 0 aliphatic heterocycles. The number of rotatable bonds is 8. The Balaban J connectivity index is 1.16. The summed E-state index contributed by atoms with van der Waals surface area (Å²) in [6.45, 7) is 0. The van der Waals surface area contributed by atoms with E-state index in [0.29, 0.717) is 11.1 Å². The fraction of sp³-hybridized carbons (Fsp3) is 0.103. The van der Waals surface area contributed by atoms with Gasteiger partial charge in [-0.3, -0.25) is 9.59 Å². The summed E-state index contributed by atoms with van der Waals surface area (Å²) >= 11 is 0. The maximum absolute atomic E-state index is 12.6. The van der Waals surface area contributed by atoms with E-state index in [1.807, 2.05) is 97.1 Å². The summed E-state index contributed by atoms with van der Waals surface area (Å²) in [6.07, 6.45) is 0.945. The average molecular weight is 463 g/mol. The van der Waals surface area contributed by atoms with Gasteiger partial charge in [0.2, 0.25) is 0 Å². The van der Waals surface area contributed by atoms with Gasteiger partial charge < -0.3 is 21.3 Å². The average Bonchev–Trinajstić information content (AvgIpc) is 3.62. The van der Waals surface area contributed by atoms with Gasteiger partial charge in [0.25, 0.3) is 11.8 Å². The van der Waals surface area contributed by atoms with Crippen LogP contribution in [0, 0.1) is 0 Å². The van der Waals surface area contributed by atoms with Crippen molar-refractivity contribution in [2.24, 2.45) is 0 Å². The lowest BCUT2D eigenvalue weighted by Gasteiger charge is -2.11. The van der Waals surface area contributed by atoms with Crippen LogP contribution in [0.5, 0.6) is 0 Å². The van der Waals surface area contributed by atoms with Gasteiger partial charge in [0.05, 0.1) is 0 Å². The van der Waals surface area contributed by atoms with Gasteiger partial charge in [-0.1, -0.05) is 48.5 Å². The van der Waals surface area contributed by atoms with Crippen LogP contribution >= 0.6 is 0 Å². The molecule has 0 aromatic heterocycles. The molecule has 2 unspecified atom stereocenters. The molecule has 4 aromatic carbocycles. The predicted octanol–water partition coefficient (Wildman–Crippen LogP) is 5.86. The molecule has 1 saturated carbocycles. The van der Waals surface area contributed by atoms with Crippen LogP contribution in [0.4, 0.5) is 22.7 Å². The van der Waals surface area contributed by atoms with E-state index >= 15 is 0 Å². The number of carbonyl (C=O) groups excluding carboxylic acids is 2. The maximum Gasteiger partial charge on any atom is 0.255 e. The molecule has 5 rings (SSSR count). The lowest BCUT2D eigenvalue weighted by molar-refractivity contribution is 0.101. The van der Waals surface area contributed by atoms with Gasteiger partial charge in [0.15, 0.2) is 0 Å². The van der Waals surface area contributed by atoms with Crippen LogP contribution < -0.4 is 21.3 Å².